The number of hydrogen-bond donors (Lipinski definition) is 0. The van der Waals surface area contributed by atoms with E-state index in [2.05, 4.69) is 10.1 Å². The molecule has 1 fully saturated rings. The summed E-state index contributed by atoms with van der Waals surface area (Å²) in [5, 5.41) is 4.11. The highest BCUT2D eigenvalue weighted by atomic mass is 32.2. The maximum absolute atomic E-state index is 12.7. The highest BCUT2D eigenvalue weighted by Gasteiger charge is 2.32. The normalized spacial score (nSPS) is 16.3. The summed E-state index contributed by atoms with van der Waals surface area (Å²) in [5.41, 5.74) is 0.914. The van der Waals surface area contributed by atoms with E-state index in [4.69, 9.17) is 4.52 Å². The van der Waals surface area contributed by atoms with Crippen LogP contribution in [0.4, 0.5) is 0 Å². The first-order chi connectivity index (χ1) is 13.6. The maximum atomic E-state index is 12.7. The molecular formula is C20H21N3O3S2. The van der Waals surface area contributed by atoms with E-state index >= 15 is 0 Å². The van der Waals surface area contributed by atoms with Gasteiger partial charge in [0.2, 0.25) is 21.7 Å². The molecule has 1 aliphatic rings. The third kappa shape index (κ3) is 3.85. The van der Waals surface area contributed by atoms with E-state index in [1.165, 1.54) is 9.20 Å². The van der Waals surface area contributed by atoms with E-state index in [0.29, 0.717) is 42.5 Å². The summed E-state index contributed by atoms with van der Waals surface area (Å²) in [5.74, 6) is 1.23. The summed E-state index contributed by atoms with van der Waals surface area (Å²) >= 11 is 1.68. The molecule has 2 heterocycles. The fourth-order valence-corrected chi connectivity index (χ4v) is 5.24. The number of nitrogens with zero attached hydrogens (tertiary/aromatic N) is 3. The Kier molecular flexibility index (Phi) is 5.52. The third-order valence-corrected chi connectivity index (χ3v) is 7.63. The van der Waals surface area contributed by atoms with Crippen LogP contribution in [0.25, 0.3) is 11.4 Å². The molecule has 1 aromatic heterocycles. The van der Waals surface area contributed by atoms with Gasteiger partial charge < -0.3 is 4.52 Å². The molecule has 6 nitrogen and oxygen atoms in total. The van der Waals surface area contributed by atoms with Gasteiger partial charge in [0.15, 0.2) is 0 Å². The summed E-state index contributed by atoms with van der Waals surface area (Å²) in [6, 6.07) is 16.6. The zero-order valence-electron chi connectivity index (χ0n) is 15.5. The van der Waals surface area contributed by atoms with Crippen LogP contribution >= 0.6 is 11.8 Å². The van der Waals surface area contributed by atoms with Gasteiger partial charge in [0.05, 0.1) is 4.90 Å². The average molecular weight is 416 g/mol. The fourth-order valence-electron chi connectivity index (χ4n) is 3.34. The van der Waals surface area contributed by atoms with Crippen molar-refractivity contribution in [1.29, 1.82) is 0 Å². The van der Waals surface area contributed by atoms with Crippen LogP contribution in [0.1, 0.15) is 24.7 Å². The summed E-state index contributed by atoms with van der Waals surface area (Å²) < 4.78 is 32.5. The predicted octanol–water partition coefficient (Wildman–Crippen LogP) is 4.03. The number of rotatable bonds is 5. The predicted molar refractivity (Wildman–Crippen MR) is 109 cm³/mol. The SMILES string of the molecule is CSc1ccc(-c2noc(C3CCN(S(=O)(=O)c4ccccc4)CC3)n2)cc1. The Bertz CT molecular complexity index is 1030. The standard InChI is InChI=1S/C20H21N3O3S2/c1-27-17-9-7-15(8-10-17)19-21-20(26-22-19)16-11-13-23(14-12-16)28(24,25)18-5-3-2-4-6-18/h2-10,16H,11-14H2,1H3. The fraction of sp³-hybridized carbons (Fsp3) is 0.300. The molecule has 0 amide bonds. The van der Waals surface area contributed by atoms with Crippen LogP contribution in [-0.4, -0.2) is 42.2 Å². The van der Waals surface area contributed by atoms with Crippen LogP contribution in [0.15, 0.2) is 68.9 Å². The molecule has 1 saturated heterocycles. The number of hydrogen-bond acceptors (Lipinski definition) is 6. The summed E-state index contributed by atoms with van der Waals surface area (Å²) in [7, 11) is -3.45. The zero-order chi connectivity index (χ0) is 19.6. The molecule has 0 bridgehead atoms. The number of thioether (sulfide) groups is 1. The lowest BCUT2D eigenvalue weighted by atomic mass is 9.98. The van der Waals surface area contributed by atoms with Crippen LogP contribution < -0.4 is 0 Å². The lowest BCUT2D eigenvalue weighted by Gasteiger charge is -2.29. The zero-order valence-corrected chi connectivity index (χ0v) is 17.1. The number of sulfonamides is 1. The molecule has 0 spiro atoms. The number of benzene rings is 2. The first-order valence-electron chi connectivity index (χ1n) is 9.11. The van der Waals surface area contributed by atoms with Gasteiger partial charge >= 0.3 is 0 Å². The molecule has 4 rings (SSSR count). The van der Waals surface area contributed by atoms with Gasteiger partial charge in [-0.25, -0.2) is 8.42 Å². The van der Waals surface area contributed by atoms with E-state index in [9.17, 15) is 8.42 Å². The molecule has 0 saturated carbocycles. The van der Waals surface area contributed by atoms with Gasteiger partial charge in [0, 0.05) is 29.5 Å². The van der Waals surface area contributed by atoms with Crippen molar-refractivity contribution in [3.63, 3.8) is 0 Å². The molecule has 0 atom stereocenters. The number of piperidine rings is 1. The van der Waals surface area contributed by atoms with Gasteiger partial charge in [-0.1, -0.05) is 23.4 Å². The van der Waals surface area contributed by atoms with Gasteiger partial charge in [-0.2, -0.15) is 9.29 Å². The Morgan fingerprint density at radius 1 is 1.04 bits per heavy atom. The molecule has 0 N–H and O–H groups in total. The van der Waals surface area contributed by atoms with Gasteiger partial charge in [-0.3, -0.25) is 0 Å². The van der Waals surface area contributed by atoms with Crippen molar-refractivity contribution in [2.45, 2.75) is 28.6 Å². The summed E-state index contributed by atoms with van der Waals surface area (Å²) in [6.45, 7) is 0.893. The van der Waals surface area contributed by atoms with E-state index in [-0.39, 0.29) is 5.92 Å². The minimum absolute atomic E-state index is 0.0777. The Morgan fingerprint density at radius 3 is 2.36 bits per heavy atom. The van der Waals surface area contributed by atoms with Crippen molar-refractivity contribution in [3.05, 3.63) is 60.5 Å². The average Bonchev–Trinajstić information content (AvgIpc) is 3.25. The highest BCUT2D eigenvalue weighted by molar-refractivity contribution is 7.98. The number of aromatic nitrogens is 2. The molecule has 3 aromatic rings. The summed E-state index contributed by atoms with van der Waals surface area (Å²) in [4.78, 5) is 6.07. The Morgan fingerprint density at radius 2 is 1.71 bits per heavy atom. The van der Waals surface area contributed by atoms with Crippen LogP contribution in [0.3, 0.4) is 0 Å². The van der Waals surface area contributed by atoms with Crippen molar-refractivity contribution < 1.29 is 12.9 Å². The molecular weight excluding hydrogens is 394 g/mol. The summed E-state index contributed by atoms with van der Waals surface area (Å²) in [6.07, 6.45) is 3.37. The van der Waals surface area contributed by atoms with Crippen molar-refractivity contribution in [3.8, 4) is 11.4 Å². The van der Waals surface area contributed by atoms with Crippen molar-refractivity contribution in [2.75, 3.05) is 19.3 Å². The molecule has 0 radical (unpaired) electrons. The van der Waals surface area contributed by atoms with Crippen molar-refractivity contribution in [2.24, 2.45) is 0 Å². The van der Waals surface area contributed by atoms with E-state index < -0.39 is 10.0 Å². The second-order valence-corrected chi connectivity index (χ2v) is 9.49. The van der Waals surface area contributed by atoms with Crippen LogP contribution in [-0.2, 0) is 10.0 Å². The maximum Gasteiger partial charge on any atom is 0.243 e. The molecule has 8 heteroatoms. The quantitative estimate of drug-likeness (QED) is 0.586. The minimum Gasteiger partial charge on any atom is -0.339 e. The lowest BCUT2D eigenvalue weighted by Crippen LogP contribution is -2.37. The minimum atomic E-state index is -3.45. The topological polar surface area (TPSA) is 76.3 Å². The van der Waals surface area contributed by atoms with E-state index in [1.807, 2.05) is 36.6 Å². The third-order valence-electron chi connectivity index (χ3n) is 4.97. The van der Waals surface area contributed by atoms with E-state index in [0.717, 1.165) is 5.56 Å². The van der Waals surface area contributed by atoms with Crippen LogP contribution in [0, 0.1) is 0 Å². The molecule has 28 heavy (non-hydrogen) atoms. The molecule has 146 valence electrons. The molecule has 2 aromatic carbocycles. The molecule has 0 aliphatic carbocycles. The largest absolute Gasteiger partial charge is 0.339 e. The van der Waals surface area contributed by atoms with Crippen molar-refractivity contribution >= 4 is 21.8 Å². The second-order valence-electron chi connectivity index (χ2n) is 6.68. The van der Waals surface area contributed by atoms with Crippen LogP contribution in [0.5, 0.6) is 0 Å². The molecule has 1 aliphatic heterocycles. The smallest absolute Gasteiger partial charge is 0.243 e. The van der Waals surface area contributed by atoms with Crippen molar-refractivity contribution in [1.82, 2.24) is 14.4 Å². The Balaban J connectivity index is 1.44. The monoisotopic (exact) mass is 415 g/mol. The first-order valence-corrected chi connectivity index (χ1v) is 11.8. The first kappa shape index (κ1) is 19.2. The molecule has 0 unspecified atom stereocenters. The second kappa shape index (κ2) is 8.06. The Hall–Kier alpha value is -2.16. The van der Waals surface area contributed by atoms with Gasteiger partial charge in [0.25, 0.3) is 0 Å². The van der Waals surface area contributed by atoms with Gasteiger partial charge in [-0.05, 0) is 55.5 Å². The Labute approximate surface area is 169 Å². The highest BCUT2D eigenvalue weighted by Crippen LogP contribution is 2.31. The van der Waals surface area contributed by atoms with E-state index in [1.54, 1.807) is 36.0 Å². The lowest BCUT2D eigenvalue weighted by molar-refractivity contribution is 0.271. The van der Waals surface area contributed by atoms with Gasteiger partial charge in [0.1, 0.15) is 0 Å². The van der Waals surface area contributed by atoms with Crippen LogP contribution in [0.2, 0.25) is 0 Å². The van der Waals surface area contributed by atoms with Gasteiger partial charge in [-0.15, -0.1) is 11.8 Å².